The Morgan fingerprint density at radius 1 is 1.20 bits per heavy atom. The van der Waals surface area contributed by atoms with Crippen molar-refractivity contribution in [1.82, 2.24) is 20.1 Å². The van der Waals surface area contributed by atoms with Gasteiger partial charge < -0.3 is 4.90 Å². The number of benzene rings is 1. The van der Waals surface area contributed by atoms with Crippen LogP contribution in [0.5, 0.6) is 0 Å². The molecule has 0 bridgehead atoms. The summed E-state index contributed by atoms with van der Waals surface area (Å²) in [5, 5.41) is 24.8. The quantitative estimate of drug-likeness (QED) is 0.730. The van der Waals surface area contributed by atoms with Crippen LogP contribution in [0.15, 0.2) is 29.4 Å². The van der Waals surface area contributed by atoms with Crippen molar-refractivity contribution >= 4 is 17.7 Å². The first kappa shape index (κ1) is 18.5. The second-order valence-corrected chi connectivity index (χ2v) is 6.26. The molecule has 0 fully saturated rings. The number of aryl methyl sites for hydroxylation is 1. The Bertz CT molecular complexity index is 769. The van der Waals surface area contributed by atoms with Crippen molar-refractivity contribution < 1.29 is 4.79 Å². The Morgan fingerprint density at radius 3 is 2.44 bits per heavy atom. The molecule has 0 aliphatic carbocycles. The van der Waals surface area contributed by atoms with Crippen LogP contribution >= 0.6 is 11.8 Å². The molecule has 0 spiro atoms. The summed E-state index contributed by atoms with van der Waals surface area (Å²) in [7, 11) is 0. The summed E-state index contributed by atoms with van der Waals surface area (Å²) in [5.74, 6) is 0.695. The molecule has 0 aliphatic heterocycles. The molecule has 0 radical (unpaired) electrons. The first-order chi connectivity index (χ1) is 12.1. The summed E-state index contributed by atoms with van der Waals surface area (Å²) in [5.41, 5.74) is 2.10. The Morgan fingerprint density at radius 2 is 1.84 bits per heavy atom. The van der Waals surface area contributed by atoms with Gasteiger partial charge in [0.2, 0.25) is 11.1 Å². The van der Waals surface area contributed by atoms with E-state index in [4.69, 9.17) is 10.5 Å². The standard InChI is InChI=1S/C17H18N6OS/c1-13-4-6-14(7-5-13)16-20-17(22-21-16)25-12-15(24)23(10-2-8-18)11-3-9-19/h4-7H,2-3,10-12H2,1H3,(H,20,21,22). The highest BCUT2D eigenvalue weighted by molar-refractivity contribution is 7.99. The highest BCUT2D eigenvalue weighted by Crippen LogP contribution is 2.20. The number of rotatable bonds is 8. The van der Waals surface area contributed by atoms with Crippen LogP contribution in [0.25, 0.3) is 11.4 Å². The summed E-state index contributed by atoms with van der Waals surface area (Å²) in [6, 6.07) is 11.9. The van der Waals surface area contributed by atoms with Gasteiger partial charge in [0.25, 0.3) is 0 Å². The normalized spacial score (nSPS) is 10.0. The number of amides is 1. The van der Waals surface area contributed by atoms with Crippen LogP contribution < -0.4 is 0 Å². The number of thioether (sulfide) groups is 1. The van der Waals surface area contributed by atoms with E-state index in [1.807, 2.05) is 43.3 Å². The molecule has 0 saturated carbocycles. The fraction of sp³-hybridized carbons (Fsp3) is 0.353. The van der Waals surface area contributed by atoms with E-state index in [1.54, 1.807) is 0 Å². The lowest BCUT2D eigenvalue weighted by Crippen LogP contribution is -2.34. The summed E-state index contributed by atoms with van der Waals surface area (Å²) in [6.07, 6.45) is 0.500. The SMILES string of the molecule is Cc1ccc(-c2nc(SCC(=O)N(CCC#N)CCC#N)n[nH]2)cc1. The van der Waals surface area contributed by atoms with Crippen molar-refractivity contribution in [3.05, 3.63) is 29.8 Å². The second-order valence-electron chi connectivity index (χ2n) is 5.32. The van der Waals surface area contributed by atoms with Crippen molar-refractivity contribution in [2.24, 2.45) is 0 Å². The van der Waals surface area contributed by atoms with Crippen LogP contribution in [-0.4, -0.2) is 44.8 Å². The number of carbonyl (C=O) groups excluding carboxylic acids is 1. The molecule has 128 valence electrons. The largest absolute Gasteiger partial charge is 0.340 e. The molecule has 0 aliphatic rings. The van der Waals surface area contributed by atoms with E-state index >= 15 is 0 Å². The predicted octanol–water partition coefficient (Wildman–Crippen LogP) is 2.53. The van der Waals surface area contributed by atoms with Gasteiger partial charge in [-0.15, -0.1) is 5.10 Å². The third-order valence-corrected chi connectivity index (χ3v) is 4.29. The van der Waals surface area contributed by atoms with Crippen LogP contribution in [0.4, 0.5) is 0 Å². The van der Waals surface area contributed by atoms with Crippen LogP contribution in [0.3, 0.4) is 0 Å². The number of nitriles is 2. The van der Waals surface area contributed by atoms with Gasteiger partial charge in [0.15, 0.2) is 5.82 Å². The highest BCUT2D eigenvalue weighted by atomic mass is 32.2. The number of nitrogens with one attached hydrogen (secondary N) is 1. The minimum Gasteiger partial charge on any atom is -0.340 e. The topological polar surface area (TPSA) is 109 Å². The summed E-state index contributed by atoms with van der Waals surface area (Å²) < 4.78 is 0. The third kappa shape index (κ3) is 5.63. The number of hydrogen-bond acceptors (Lipinski definition) is 6. The molecule has 0 unspecified atom stereocenters. The van der Waals surface area contributed by atoms with Gasteiger partial charge in [0.1, 0.15) is 0 Å². The van der Waals surface area contributed by atoms with Crippen molar-refractivity contribution in [3.63, 3.8) is 0 Å². The van der Waals surface area contributed by atoms with E-state index in [1.165, 1.54) is 22.2 Å². The van der Waals surface area contributed by atoms with E-state index < -0.39 is 0 Å². The lowest BCUT2D eigenvalue weighted by atomic mass is 10.1. The van der Waals surface area contributed by atoms with Gasteiger partial charge in [-0.25, -0.2) is 4.98 Å². The Balaban J connectivity index is 1.93. The predicted molar refractivity (Wildman–Crippen MR) is 94.3 cm³/mol. The molecule has 1 N–H and O–H groups in total. The third-order valence-electron chi connectivity index (χ3n) is 3.45. The average Bonchev–Trinajstić information content (AvgIpc) is 3.09. The van der Waals surface area contributed by atoms with E-state index in [0.29, 0.717) is 24.1 Å². The molecule has 0 saturated heterocycles. The minimum absolute atomic E-state index is 0.128. The molecule has 2 aromatic rings. The van der Waals surface area contributed by atoms with Crippen molar-refractivity contribution in [2.45, 2.75) is 24.9 Å². The van der Waals surface area contributed by atoms with Gasteiger partial charge >= 0.3 is 0 Å². The zero-order chi connectivity index (χ0) is 18.1. The van der Waals surface area contributed by atoms with E-state index in [-0.39, 0.29) is 24.5 Å². The number of aromatic amines is 1. The van der Waals surface area contributed by atoms with Gasteiger partial charge in [-0.05, 0) is 6.92 Å². The average molecular weight is 354 g/mol. The summed E-state index contributed by atoms with van der Waals surface area (Å²) in [6.45, 7) is 2.68. The molecule has 25 heavy (non-hydrogen) atoms. The molecular formula is C17H18N6OS. The summed E-state index contributed by atoms with van der Waals surface area (Å²) >= 11 is 1.23. The molecule has 8 heteroatoms. The van der Waals surface area contributed by atoms with Crippen LogP contribution in [-0.2, 0) is 4.79 Å². The zero-order valence-electron chi connectivity index (χ0n) is 13.9. The second kappa shape index (κ2) is 9.45. The Kier molecular flexibility index (Phi) is 7.00. The van der Waals surface area contributed by atoms with Gasteiger partial charge in [-0.3, -0.25) is 9.89 Å². The maximum absolute atomic E-state index is 12.3. The molecule has 0 atom stereocenters. The van der Waals surface area contributed by atoms with Crippen molar-refractivity contribution in [3.8, 4) is 23.5 Å². The lowest BCUT2D eigenvalue weighted by molar-refractivity contribution is -0.128. The number of H-pyrrole nitrogens is 1. The number of hydrogen-bond donors (Lipinski definition) is 1. The first-order valence-corrected chi connectivity index (χ1v) is 8.76. The zero-order valence-corrected chi connectivity index (χ0v) is 14.7. The number of aromatic nitrogens is 3. The maximum atomic E-state index is 12.3. The van der Waals surface area contributed by atoms with Gasteiger partial charge in [0, 0.05) is 18.7 Å². The molecule has 2 rings (SSSR count). The van der Waals surface area contributed by atoms with Gasteiger partial charge in [-0.2, -0.15) is 10.5 Å². The Hall–Kier alpha value is -2.84. The van der Waals surface area contributed by atoms with Gasteiger partial charge in [-0.1, -0.05) is 41.6 Å². The van der Waals surface area contributed by atoms with Crippen molar-refractivity contribution in [1.29, 1.82) is 10.5 Å². The smallest absolute Gasteiger partial charge is 0.233 e. The molecule has 1 amide bonds. The van der Waals surface area contributed by atoms with E-state index in [2.05, 4.69) is 15.2 Å². The summed E-state index contributed by atoms with van der Waals surface area (Å²) in [4.78, 5) is 18.2. The van der Waals surface area contributed by atoms with Gasteiger partial charge in [0.05, 0.1) is 30.7 Å². The number of carbonyl (C=O) groups is 1. The Labute approximate surface area is 150 Å². The first-order valence-electron chi connectivity index (χ1n) is 7.78. The fourth-order valence-corrected chi connectivity index (χ4v) is 2.80. The lowest BCUT2D eigenvalue weighted by Gasteiger charge is -2.19. The molecule has 1 aromatic carbocycles. The monoisotopic (exact) mass is 354 g/mol. The number of nitrogens with zero attached hydrogens (tertiary/aromatic N) is 5. The molecule has 1 heterocycles. The van der Waals surface area contributed by atoms with Crippen molar-refractivity contribution in [2.75, 3.05) is 18.8 Å². The highest BCUT2D eigenvalue weighted by Gasteiger charge is 2.15. The molecule has 1 aromatic heterocycles. The molecule has 7 nitrogen and oxygen atoms in total. The van der Waals surface area contributed by atoms with Crippen LogP contribution in [0.2, 0.25) is 0 Å². The maximum Gasteiger partial charge on any atom is 0.233 e. The van der Waals surface area contributed by atoms with Crippen LogP contribution in [0, 0.1) is 29.6 Å². The van der Waals surface area contributed by atoms with Crippen LogP contribution in [0.1, 0.15) is 18.4 Å². The van der Waals surface area contributed by atoms with E-state index in [0.717, 1.165) is 5.56 Å². The van der Waals surface area contributed by atoms with E-state index in [9.17, 15) is 4.79 Å². The minimum atomic E-state index is -0.128. The fourth-order valence-electron chi connectivity index (χ4n) is 2.10. The molecular weight excluding hydrogens is 336 g/mol.